The topological polar surface area (TPSA) is 89.8 Å². The van der Waals surface area contributed by atoms with Gasteiger partial charge in [-0.1, -0.05) is 18.2 Å². The summed E-state index contributed by atoms with van der Waals surface area (Å²) in [7, 11) is 1.61. The number of amides is 1. The zero-order valence-electron chi connectivity index (χ0n) is 16.1. The van der Waals surface area contributed by atoms with E-state index in [1.165, 1.54) is 0 Å². The number of carbonyl (C=O) groups excluding carboxylic acids is 1. The predicted molar refractivity (Wildman–Crippen MR) is 101 cm³/mol. The Morgan fingerprint density at radius 1 is 1.19 bits per heavy atom. The molecule has 1 aromatic carbocycles. The van der Waals surface area contributed by atoms with Crippen molar-refractivity contribution in [2.45, 2.75) is 45.4 Å². The van der Waals surface area contributed by atoms with Crippen molar-refractivity contribution in [2.24, 2.45) is 0 Å². The first kappa shape index (κ1) is 20.4. The van der Waals surface area contributed by atoms with E-state index < -0.39 is 23.7 Å². The van der Waals surface area contributed by atoms with E-state index in [-0.39, 0.29) is 6.42 Å². The Morgan fingerprint density at radius 3 is 2.52 bits per heavy atom. The number of nitrogens with one attached hydrogen (secondary N) is 1. The van der Waals surface area contributed by atoms with Crippen LogP contribution in [0.25, 0.3) is 0 Å². The molecule has 0 aliphatic heterocycles. The summed E-state index contributed by atoms with van der Waals surface area (Å²) in [5.41, 5.74) is 1.06. The minimum atomic E-state index is -1.12. The standard InChI is InChI=1S/C20H26N2O5/c1-20(2,3)27-19(25)21-16(18(23)24)12-15-9-7-11-22(15)13-14-8-5-6-10-17(14)26-4/h5-11,16H,12-13H2,1-4H3,(H,21,25)(H,23,24). The van der Waals surface area contributed by atoms with Crippen LogP contribution in [0.1, 0.15) is 32.0 Å². The zero-order chi connectivity index (χ0) is 20.0. The molecule has 2 rings (SSSR count). The van der Waals surface area contributed by atoms with Crippen LogP contribution in [-0.4, -0.2) is 40.5 Å². The molecule has 0 radical (unpaired) electrons. The molecule has 27 heavy (non-hydrogen) atoms. The minimum Gasteiger partial charge on any atom is -0.496 e. The predicted octanol–water partition coefficient (Wildman–Crippen LogP) is 3.07. The number of carbonyl (C=O) groups is 2. The summed E-state index contributed by atoms with van der Waals surface area (Å²) >= 11 is 0. The highest BCUT2D eigenvalue weighted by molar-refractivity contribution is 5.80. The molecule has 0 aliphatic rings. The van der Waals surface area contributed by atoms with Crippen LogP contribution in [-0.2, 0) is 22.5 Å². The summed E-state index contributed by atoms with van der Waals surface area (Å²) in [6.45, 7) is 5.70. The molecule has 1 aromatic heterocycles. The molecule has 2 aromatic rings. The Balaban J connectivity index is 2.12. The maximum Gasteiger partial charge on any atom is 0.408 e. The van der Waals surface area contributed by atoms with Gasteiger partial charge in [-0.25, -0.2) is 9.59 Å². The number of benzene rings is 1. The number of rotatable bonds is 7. The lowest BCUT2D eigenvalue weighted by molar-refractivity contribution is -0.139. The maximum absolute atomic E-state index is 11.9. The smallest absolute Gasteiger partial charge is 0.408 e. The Kier molecular flexibility index (Phi) is 6.50. The number of methoxy groups -OCH3 is 1. The number of alkyl carbamates (subject to hydrolysis) is 1. The van der Waals surface area contributed by atoms with Crippen LogP contribution < -0.4 is 10.1 Å². The van der Waals surface area contributed by atoms with Crippen molar-refractivity contribution in [3.8, 4) is 5.75 Å². The third-order valence-corrected chi connectivity index (χ3v) is 3.86. The fourth-order valence-electron chi connectivity index (χ4n) is 2.67. The van der Waals surface area contributed by atoms with Crippen molar-refractivity contribution < 1.29 is 24.2 Å². The van der Waals surface area contributed by atoms with Crippen LogP contribution in [0.3, 0.4) is 0 Å². The van der Waals surface area contributed by atoms with E-state index in [1.54, 1.807) is 27.9 Å². The van der Waals surface area contributed by atoms with Gasteiger partial charge in [-0.15, -0.1) is 0 Å². The van der Waals surface area contributed by atoms with E-state index in [2.05, 4.69) is 5.32 Å². The van der Waals surface area contributed by atoms with Crippen molar-refractivity contribution in [3.63, 3.8) is 0 Å². The molecule has 0 spiro atoms. The lowest BCUT2D eigenvalue weighted by Crippen LogP contribution is -2.45. The molecular weight excluding hydrogens is 348 g/mol. The average Bonchev–Trinajstić information content (AvgIpc) is 3.00. The minimum absolute atomic E-state index is 0.136. The second kappa shape index (κ2) is 8.62. The molecule has 1 atom stereocenters. The number of hydrogen-bond acceptors (Lipinski definition) is 4. The van der Waals surface area contributed by atoms with Gasteiger partial charge in [0.15, 0.2) is 0 Å². The van der Waals surface area contributed by atoms with Gasteiger partial charge in [-0.2, -0.15) is 0 Å². The first-order valence-electron chi connectivity index (χ1n) is 8.68. The van der Waals surface area contributed by atoms with Gasteiger partial charge in [0.2, 0.25) is 0 Å². The Hall–Kier alpha value is -2.96. The van der Waals surface area contributed by atoms with Crippen molar-refractivity contribution in [3.05, 3.63) is 53.9 Å². The highest BCUT2D eigenvalue weighted by Crippen LogP contribution is 2.20. The molecule has 7 nitrogen and oxygen atoms in total. The van der Waals surface area contributed by atoms with E-state index in [4.69, 9.17) is 9.47 Å². The maximum atomic E-state index is 11.9. The van der Waals surface area contributed by atoms with Crippen LogP contribution in [0, 0.1) is 0 Å². The SMILES string of the molecule is COc1ccccc1Cn1cccc1CC(NC(=O)OC(C)(C)C)C(=O)O. The monoisotopic (exact) mass is 374 g/mol. The van der Waals surface area contributed by atoms with Gasteiger partial charge in [-0.05, 0) is 39.0 Å². The first-order valence-corrected chi connectivity index (χ1v) is 8.68. The number of ether oxygens (including phenoxy) is 2. The molecule has 0 saturated heterocycles. The summed E-state index contributed by atoms with van der Waals surface area (Å²) < 4.78 is 12.5. The van der Waals surface area contributed by atoms with Crippen LogP contribution in [0.2, 0.25) is 0 Å². The molecule has 0 saturated carbocycles. The van der Waals surface area contributed by atoms with E-state index in [9.17, 15) is 14.7 Å². The fourth-order valence-corrected chi connectivity index (χ4v) is 2.67. The van der Waals surface area contributed by atoms with E-state index in [0.717, 1.165) is 17.0 Å². The summed E-state index contributed by atoms with van der Waals surface area (Å²) in [6.07, 6.45) is 1.25. The second-order valence-electron chi connectivity index (χ2n) is 7.18. The van der Waals surface area contributed by atoms with E-state index in [0.29, 0.717) is 6.54 Å². The summed E-state index contributed by atoms with van der Waals surface area (Å²) in [6, 6.07) is 10.2. The van der Waals surface area contributed by atoms with Gasteiger partial charge >= 0.3 is 12.1 Å². The van der Waals surface area contributed by atoms with Crippen molar-refractivity contribution in [1.29, 1.82) is 0 Å². The van der Waals surface area contributed by atoms with Crippen molar-refractivity contribution in [1.82, 2.24) is 9.88 Å². The molecule has 0 bridgehead atoms. The molecule has 2 N–H and O–H groups in total. The Morgan fingerprint density at radius 2 is 1.89 bits per heavy atom. The molecule has 1 amide bonds. The van der Waals surface area contributed by atoms with E-state index >= 15 is 0 Å². The van der Waals surface area contributed by atoms with Crippen molar-refractivity contribution >= 4 is 12.1 Å². The molecular formula is C20H26N2O5. The molecule has 7 heteroatoms. The number of aromatic nitrogens is 1. The lowest BCUT2D eigenvalue weighted by Gasteiger charge is -2.22. The molecule has 146 valence electrons. The average molecular weight is 374 g/mol. The Bertz CT molecular complexity index is 792. The van der Waals surface area contributed by atoms with Crippen LogP contribution >= 0.6 is 0 Å². The number of para-hydroxylation sites is 1. The van der Waals surface area contributed by atoms with Crippen LogP contribution in [0.15, 0.2) is 42.6 Å². The number of aliphatic carboxylic acids is 1. The van der Waals surface area contributed by atoms with Gasteiger partial charge in [0.1, 0.15) is 17.4 Å². The number of carboxylic acid groups (broad SMARTS) is 1. The van der Waals surface area contributed by atoms with Gasteiger partial charge < -0.3 is 24.5 Å². The number of hydrogen-bond donors (Lipinski definition) is 2. The third-order valence-electron chi connectivity index (χ3n) is 3.86. The van der Waals surface area contributed by atoms with Gasteiger partial charge in [-0.3, -0.25) is 0 Å². The molecule has 1 unspecified atom stereocenters. The highest BCUT2D eigenvalue weighted by atomic mass is 16.6. The lowest BCUT2D eigenvalue weighted by atomic mass is 10.1. The van der Waals surface area contributed by atoms with Gasteiger partial charge in [0.25, 0.3) is 0 Å². The largest absolute Gasteiger partial charge is 0.496 e. The van der Waals surface area contributed by atoms with Gasteiger partial charge in [0, 0.05) is 23.9 Å². The summed E-state index contributed by atoms with van der Waals surface area (Å²) in [5, 5.41) is 11.9. The van der Waals surface area contributed by atoms with Gasteiger partial charge in [0.05, 0.1) is 13.7 Å². The van der Waals surface area contributed by atoms with Crippen LogP contribution in [0.5, 0.6) is 5.75 Å². The Labute approximate surface area is 158 Å². The number of nitrogens with zero attached hydrogens (tertiary/aromatic N) is 1. The molecule has 0 aliphatic carbocycles. The zero-order valence-corrected chi connectivity index (χ0v) is 16.1. The fraction of sp³-hybridized carbons (Fsp3) is 0.400. The third kappa shape index (κ3) is 6.06. The second-order valence-corrected chi connectivity index (χ2v) is 7.18. The number of carboxylic acids is 1. The van der Waals surface area contributed by atoms with Crippen molar-refractivity contribution in [2.75, 3.05) is 7.11 Å². The summed E-state index contributed by atoms with van der Waals surface area (Å²) in [4.78, 5) is 23.5. The highest BCUT2D eigenvalue weighted by Gasteiger charge is 2.25. The molecule has 0 fully saturated rings. The summed E-state index contributed by atoms with van der Waals surface area (Å²) in [5.74, 6) is -0.357. The first-order chi connectivity index (χ1) is 12.7. The normalized spacial score (nSPS) is 12.3. The van der Waals surface area contributed by atoms with Crippen LogP contribution in [0.4, 0.5) is 4.79 Å². The quantitative estimate of drug-likeness (QED) is 0.777. The molecule has 1 heterocycles. The van der Waals surface area contributed by atoms with E-state index in [1.807, 2.05) is 47.2 Å².